The third kappa shape index (κ3) is 2.04. The van der Waals surface area contributed by atoms with Gasteiger partial charge in [0, 0.05) is 12.8 Å². The van der Waals surface area contributed by atoms with Gasteiger partial charge in [0.2, 0.25) is 0 Å². The first-order chi connectivity index (χ1) is 7.13. The number of carbonyl (C=O) groups excluding carboxylic acids is 2. The second-order valence-electron chi connectivity index (χ2n) is 4.87. The zero-order chi connectivity index (χ0) is 10.9. The van der Waals surface area contributed by atoms with Crippen LogP contribution in [0.25, 0.3) is 0 Å². The molecule has 0 aromatic heterocycles. The van der Waals surface area contributed by atoms with Crippen molar-refractivity contribution in [2.75, 3.05) is 0 Å². The minimum atomic E-state index is -0.423. The van der Waals surface area contributed by atoms with E-state index in [1.165, 1.54) is 12.8 Å². The van der Waals surface area contributed by atoms with E-state index in [1.54, 1.807) is 0 Å². The molecule has 0 atom stereocenters. The number of hydroxylamine groups is 2. The highest BCUT2D eigenvalue weighted by atomic mass is 16.5. The summed E-state index contributed by atoms with van der Waals surface area (Å²) in [4.78, 5) is 22.9. The molecule has 2 amide bonds. The van der Waals surface area contributed by atoms with Crippen LogP contribution in [0.3, 0.4) is 0 Å². The Morgan fingerprint density at radius 3 is 1.87 bits per heavy atom. The van der Waals surface area contributed by atoms with Crippen LogP contribution in [0.1, 0.15) is 51.4 Å². The van der Waals surface area contributed by atoms with Crippen molar-refractivity contribution in [3.8, 4) is 0 Å². The Hall–Kier alpha value is -0.900. The van der Waals surface area contributed by atoms with Crippen LogP contribution in [0.2, 0.25) is 0 Å². The summed E-state index contributed by atoms with van der Waals surface area (Å²) >= 11 is 0. The number of amides is 2. The van der Waals surface area contributed by atoms with Crippen molar-refractivity contribution in [2.45, 2.75) is 51.4 Å². The van der Waals surface area contributed by atoms with Gasteiger partial charge in [0.25, 0.3) is 11.8 Å². The molecule has 0 unspecified atom stereocenters. The lowest BCUT2D eigenvalue weighted by Gasteiger charge is -2.37. The molecular weight excluding hydrogens is 194 g/mol. The minimum absolute atomic E-state index is 0.135. The summed E-state index contributed by atoms with van der Waals surface area (Å²) in [5, 5.41) is 9.47. The van der Waals surface area contributed by atoms with Gasteiger partial charge in [0.1, 0.15) is 0 Å². The van der Waals surface area contributed by atoms with Gasteiger partial charge in [0.05, 0.1) is 0 Å². The summed E-state index contributed by atoms with van der Waals surface area (Å²) in [6.45, 7) is 0. The molecule has 1 heterocycles. The molecular formula is C11H17NO3. The lowest BCUT2D eigenvalue weighted by molar-refractivity contribution is -0.189. The molecule has 15 heavy (non-hydrogen) atoms. The van der Waals surface area contributed by atoms with E-state index in [9.17, 15) is 9.59 Å². The zero-order valence-electron chi connectivity index (χ0n) is 8.87. The Labute approximate surface area is 89.2 Å². The molecule has 0 bridgehead atoms. The monoisotopic (exact) mass is 211 g/mol. The second-order valence-corrected chi connectivity index (χ2v) is 4.87. The van der Waals surface area contributed by atoms with Gasteiger partial charge in [-0.15, -0.1) is 0 Å². The van der Waals surface area contributed by atoms with Crippen LogP contribution < -0.4 is 0 Å². The third-order valence-electron chi connectivity index (χ3n) is 3.69. The van der Waals surface area contributed by atoms with Crippen molar-refractivity contribution in [3.05, 3.63) is 0 Å². The highest BCUT2D eigenvalue weighted by Gasteiger charge is 2.43. The van der Waals surface area contributed by atoms with Gasteiger partial charge in [0.15, 0.2) is 0 Å². The molecule has 1 aliphatic carbocycles. The van der Waals surface area contributed by atoms with Crippen LogP contribution >= 0.6 is 0 Å². The lowest BCUT2D eigenvalue weighted by Crippen LogP contribution is -2.46. The van der Waals surface area contributed by atoms with E-state index < -0.39 is 11.8 Å². The van der Waals surface area contributed by atoms with Crippen LogP contribution in [-0.2, 0) is 9.59 Å². The van der Waals surface area contributed by atoms with Gasteiger partial charge in [-0.2, -0.15) is 5.06 Å². The van der Waals surface area contributed by atoms with Gasteiger partial charge in [-0.3, -0.25) is 14.8 Å². The van der Waals surface area contributed by atoms with E-state index in [1.807, 2.05) is 0 Å². The number of hydrogen-bond acceptors (Lipinski definition) is 3. The molecule has 84 valence electrons. The Bertz CT molecular complexity index is 260. The predicted molar refractivity (Wildman–Crippen MR) is 53.0 cm³/mol. The number of hydrogen-bond donors (Lipinski definition) is 1. The fourth-order valence-electron chi connectivity index (χ4n) is 2.83. The summed E-state index contributed by atoms with van der Waals surface area (Å²) < 4.78 is 0. The first kappa shape index (κ1) is 10.6. The van der Waals surface area contributed by atoms with Crippen molar-refractivity contribution in [3.63, 3.8) is 0 Å². The molecule has 1 spiro atoms. The van der Waals surface area contributed by atoms with E-state index in [2.05, 4.69) is 0 Å². The Kier molecular flexibility index (Phi) is 2.78. The lowest BCUT2D eigenvalue weighted by atomic mass is 9.72. The predicted octanol–water partition coefficient (Wildman–Crippen LogP) is 1.87. The average Bonchev–Trinajstić information content (AvgIpc) is 2.40. The maximum Gasteiger partial charge on any atom is 0.253 e. The summed E-state index contributed by atoms with van der Waals surface area (Å²) in [5.74, 6) is -0.846. The van der Waals surface area contributed by atoms with Crippen molar-refractivity contribution >= 4 is 11.8 Å². The van der Waals surface area contributed by atoms with Crippen LogP contribution in [0, 0.1) is 5.41 Å². The Morgan fingerprint density at radius 1 is 0.933 bits per heavy atom. The largest absolute Gasteiger partial charge is 0.279 e. The van der Waals surface area contributed by atoms with Crippen molar-refractivity contribution in [1.29, 1.82) is 0 Å². The molecule has 1 saturated heterocycles. The molecule has 0 radical (unpaired) electrons. The van der Waals surface area contributed by atoms with Gasteiger partial charge in [-0.05, 0) is 18.3 Å². The highest BCUT2D eigenvalue weighted by Crippen LogP contribution is 2.43. The molecule has 4 heteroatoms. The zero-order valence-corrected chi connectivity index (χ0v) is 8.87. The fraction of sp³-hybridized carbons (Fsp3) is 0.818. The number of imide groups is 1. The molecule has 4 nitrogen and oxygen atoms in total. The fourth-order valence-corrected chi connectivity index (χ4v) is 2.83. The van der Waals surface area contributed by atoms with E-state index in [0.29, 0.717) is 17.9 Å². The summed E-state index contributed by atoms with van der Waals surface area (Å²) in [6, 6.07) is 0. The smallest absolute Gasteiger partial charge is 0.253 e. The van der Waals surface area contributed by atoms with Crippen LogP contribution in [0.4, 0.5) is 0 Å². The molecule has 2 rings (SSSR count). The second kappa shape index (κ2) is 3.93. The first-order valence-corrected chi connectivity index (χ1v) is 5.68. The van der Waals surface area contributed by atoms with Crippen molar-refractivity contribution < 1.29 is 14.8 Å². The van der Waals surface area contributed by atoms with Gasteiger partial charge < -0.3 is 0 Å². The highest BCUT2D eigenvalue weighted by molar-refractivity contribution is 5.97. The number of rotatable bonds is 0. The SMILES string of the molecule is O=C1CC2(CCCCCC2)CC(=O)N1O. The Morgan fingerprint density at radius 2 is 1.40 bits per heavy atom. The maximum absolute atomic E-state index is 11.4. The summed E-state index contributed by atoms with van der Waals surface area (Å²) in [6.07, 6.45) is 7.21. The number of piperidine rings is 1. The number of nitrogens with zero attached hydrogens (tertiary/aromatic N) is 1. The molecule has 0 aromatic carbocycles. The van der Waals surface area contributed by atoms with E-state index >= 15 is 0 Å². The molecule has 1 aliphatic heterocycles. The van der Waals surface area contributed by atoms with E-state index in [4.69, 9.17) is 5.21 Å². The van der Waals surface area contributed by atoms with Gasteiger partial charge in [-0.1, -0.05) is 25.7 Å². The number of carbonyl (C=O) groups is 2. The van der Waals surface area contributed by atoms with Crippen molar-refractivity contribution in [1.82, 2.24) is 5.06 Å². The summed E-state index contributed by atoms with van der Waals surface area (Å²) in [5.41, 5.74) is -0.135. The molecule has 2 fully saturated rings. The molecule has 1 N–H and O–H groups in total. The standard InChI is InChI=1S/C11H17NO3/c13-9-7-11(8-10(14)12(9)15)5-3-1-2-4-6-11/h15H,1-8H2. The van der Waals surface area contributed by atoms with Gasteiger partial charge in [-0.25, -0.2) is 0 Å². The normalized spacial score (nSPS) is 26.9. The van der Waals surface area contributed by atoms with Crippen LogP contribution in [-0.4, -0.2) is 22.1 Å². The topological polar surface area (TPSA) is 57.6 Å². The Balaban J connectivity index is 2.14. The molecule has 0 aromatic rings. The minimum Gasteiger partial charge on any atom is -0.279 e. The molecule has 1 saturated carbocycles. The quantitative estimate of drug-likeness (QED) is 0.491. The summed E-state index contributed by atoms with van der Waals surface area (Å²) in [7, 11) is 0. The maximum atomic E-state index is 11.4. The first-order valence-electron chi connectivity index (χ1n) is 5.68. The van der Waals surface area contributed by atoms with Gasteiger partial charge >= 0.3 is 0 Å². The molecule has 2 aliphatic rings. The van der Waals surface area contributed by atoms with E-state index in [0.717, 1.165) is 25.7 Å². The van der Waals surface area contributed by atoms with Crippen molar-refractivity contribution in [2.24, 2.45) is 5.41 Å². The third-order valence-corrected chi connectivity index (χ3v) is 3.69. The average molecular weight is 211 g/mol. The van der Waals surface area contributed by atoms with E-state index in [-0.39, 0.29) is 5.41 Å². The van der Waals surface area contributed by atoms with Crippen LogP contribution in [0.15, 0.2) is 0 Å². The van der Waals surface area contributed by atoms with Crippen LogP contribution in [0.5, 0.6) is 0 Å².